The minimum atomic E-state index is 0. The molecule has 0 atom stereocenters. The topological polar surface area (TPSA) is 85.5 Å². The van der Waals surface area contributed by atoms with E-state index in [2.05, 4.69) is 0 Å². The molecule has 0 N–H and O–H groups in total. The zero-order valence-electron chi connectivity index (χ0n) is 3.01. The van der Waals surface area contributed by atoms with Gasteiger partial charge in [0, 0.05) is 0 Å². The molecule has 0 saturated carbocycles. The zero-order chi connectivity index (χ0) is 0. The maximum atomic E-state index is 0. The van der Waals surface area contributed by atoms with Gasteiger partial charge in [-0.05, 0) is 0 Å². The summed E-state index contributed by atoms with van der Waals surface area (Å²) < 4.78 is 0. The van der Waals surface area contributed by atoms with E-state index in [9.17, 15) is 0 Å². The maximum Gasteiger partial charge on any atom is 4.00 e. The third-order valence-corrected chi connectivity index (χ3v) is 0. The van der Waals surface area contributed by atoms with Crippen LogP contribution in [0.2, 0.25) is 0 Å². The van der Waals surface area contributed by atoms with Gasteiger partial charge in [0.05, 0.1) is 0 Å². The SMILES string of the molecule is [Al+3].[O-2].[O-2].[O-2].[Sr+2].[Ti+4]. The van der Waals surface area contributed by atoms with Gasteiger partial charge in [-0.1, -0.05) is 0 Å². The van der Waals surface area contributed by atoms with Crippen molar-refractivity contribution in [3.05, 3.63) is 0 Å². The van der Waals surface area contributed by atoms with Gasteiger partial charge in [0.2, 0.25) is 0 Å². The summed E-state index contributed by atoms with van der Waals surface area (Å²) in [6, 6.07) is 0. The predicted octanol–water partition coefficient (Wildman–Crippen LogP) is -1.12. The van der Waals surface area contributed by atoms with Gasteiger partial charge in [0.15, 0.2) is 0 Å². The summed E-state index contributed by atoms with van der Waals surface area (Å²) in [5.41, 5.74) is 0. The van der Waals surface area contributed by atoms with Gasteiger partial charge in [0.25, 0.3) is 0 Å². The van der Waals surface area contributed by atoms with E-state index in [0.717, 1.165) is 0 Å². The molecule has 0 aliphatic rings. The first-order chi connectivity index (χ1) is 0. The van der Waals surface area contributed by atoms with Crippen LogP contribution in [-0.2, 0) is 38.1 Å². The Morgan fingerprint density at radius 1 is 0.667 bits per heavy atom. The van der Waals surface area contributed by atoms with Crippen molar-refractivity contribution >= 4 is 62.8 Å². The molecule has 0 amide bonds. The van der Waals surface area contributed by atoms with E-state index in [1.807, 2.05) is 0 Å². The molecule has 0 spiro atoms. The minimum absolute atomic E-state index is 0. The molecule has 0 saturated heterocycles. The van der Waals surface area contributed by atoms with Crippen LogP contribution in [0.4, 0.5) is 0 Å². The Hall–Kier alpha value is 2.61. The van der Waals surface area contributed by atoms with E-state index < -0.39 is 0 Å². The Kier molecular flexibility index (Phi) is 597. The quantitative estimate of drug-likeness (QED) is 0.454. The molecule has 0 radical (unpaired) electrons. The molecule has 24 valence electrons. The third kappa shape index (κ3) is 30.6. The van der Waals surface area contributed by atoms with Crippen molar-refractivity contribution in [2.24, 2.45) is 0 Å². The summed E-state index contributed by atoms with van der Waals surface area (Å²) in [5.74, 6) is 0. The van der Waals surface area contributed by atoms with Crippen LogP contribution in [-0.4, -0.2) is 62.8 Å². The fraction of sp³-hybridized carbons (Fsp3) is 0. The van der Waals surface area contributed by atoms with Crippen LogP contribution < -0.4 is 0 Å². The van der Waals surface area contributed by atoms with E-state index in [1.165, 1.54) is 0 Å². The Morgan fingerprint density at radius 2 is 0.667 bits per heavy atom. The number of hydrogen-bond acceptors (Lipinski definition) is 0. The molecule has 0 aromatic rings. The summed E-state index contributed by atoms with van der Waals surface area (Å²) >= 11 is 0. The molecule has 6 heavy (non-hydrogen) atoms. The van der Waals surface area contributed by atoms with Crippen LogP contribution >= 0.6 is 0 Å². The first-order valence-corrected chi connectivity index (χ1v) is 0. The average molecular weight is 210 g/mol. The predicted molar refractivity (Wildman–Crippen MR) is 13.6 cm³/mol. The molecular weight excluding hydrogens is 210 g/mol. The average Bonchev–Trinajstić information content (AvgIpc) is 0. The molecule has 0 unspecified atom stereocenters. The first-order valence-electron chi connectivity index (χ1n) is 0. The van der Waals surface area contributed by atoms with E-state index in [0.29, 0.717) is 0 Å². The molecule has 0 aromatic heterocycles. The van der Waals surface area contributed by atoms with Gasteiger partial charge in [-0.25, -0.2) is 0 Å². The van der Waals surface area contributed by atoms with Crippen LogP contribution in [0.5, 0.6) is 0 Å². The summed E-state index contributed by atoms with van der Waals surface area (Å²) in [6.45, 7) is 0. The van der Waals surface area contributed by atoms with Gasteiger partial charge in [-0.15, -0.1) is 0 Å². The second kappa shape index (κ2) is 48.9. The minimum Gasteiger partial charge on any atom is -2.00 e. The molecule has 0 fully saturated rings. The van der Waals surface area contributed by atoms with Crippen LogP contribution in [0.1, 0.15) is 0 Å². The molecule has 0 rings (SSSR count). The van der Waals surface area contributed by atoms with Crippen molar-refractivity contribution in [1.82, 2.24) is 0 Å². The number of rotatable bonds is 0. The van der Waals surface area contributed by atoms with E-state index in [4.69, 9.17) is 0 Å². The van der Waals surface area contributed by atoms with Gasteiger partial charge in [0.1, 0.15) is 0 Å². The summed E-state index contributed by atoms with van der Waals surface area (Å²) in [7, 11) is 0. The summed E-state index contributed by atoms with van der Waals surface area (Å²) in [5, 5.41) is 0. The van der Waals surface area contributed by atoms with Crippen LogP contribution in [0.25, 0.3) is 0 Å². The van der Waals surface area contributed by atoms with Crippen LogP contribution in [0.3, 0.4) is 0 Å². The van der Waals surface area contributed by atoms with Crippen LogP contribution in [0, 0.1) is 0 Å². The maximum absolute atomic E-state index is 0. The van der Waals surface area contributed by atoms with Gasteiger partial charge in [-0.3, -0.25) is 0 Å². The molecule has 0 aliphatic carbocycles. The van der Waals surface area contributed by atoms with Crippen molar-refractivity contribution in [3.63, 3.8) is 0 Å². The standard InChI is InChI=1S/Al.3O.Sr.Ti/q+3;3*-2;+2;+4. The van der Waals surface area contributed by atoms with Crippen molar-refractivity contribution in [2.75, 3.05) is 0 Å². The summed E-state index contributed by atoms with van der Waals surface area (Å²) in [6.07, 6.45) is 0. The molecule has 0 bridgehead atoms. The zero-order valence-corrected chi connectivity index (χ0v) is 9.20. The van der Waals surface area contributed by atoms with Crippen molar-refractivity contribution in [1.29, 1.82) is 0 Å². The largest absolute Gasteiger partial charge is 4.00 e. The summed E-state index contributed by atoms with van der Waals surface area (Å²) in [4.78, 5) is 0. The van der Waals surface area contributed by atoms with Crippen molar-refractivity contribution in [3.8, 4) is 0 Å². The Morgan fingerprint density at radius 3 is 0.667 bits per heavy atom. The normalized spacial score (nSPS) is 0. The molecule has 0 aliphatic heterocycles. The number of hydrogen-bond donors (Lipinski definition) is 0. The second-order valence-electron chi connectivity index (χ2n) is 0. The third-order valence-electron chi connectivity index (χ3n) is 0. The monoisotopic (exact) mass is 211 g/mol. The van der Waals surface area contributed by atoms with Gasteiger partial charge in [-0.2, -0.15) is 0 Å². The molecule has 3 nitrogen and oxygen atoms in total. The Labute approximate surface area is 99.1 Å². The molecule has 0 heterocycles. The van der Waals surface area contributed by atoms with Gasteiger partial charge < -0.3 is 16.4 Å². The smallest absolute Gasteiger partial charge is 2.00 e. The fourth-order valence-corrected chi connectivity index (χ4v) is 0. The molecule has 0 aromatic carbocycles. The molecular formula is AlO3SrTi+3. The first kappa shape index (κ1) is 73.3. The Bertz CT molecular complexity index is 10.8. The van der Waals surface area contributed by atoms with Gasteiger partial charge >= 0.3 is 84.6 Å². The van der Waals surface area contributed by atoms with Crippen molar-refractivity contribution < 1.29 is 38.1 Å². The van der Waals surface area contributed by atoms with E-state index in [-0.39, 0.29) is 101 Å². The fourth-order valence-electron chi connectivity index (χ4n) is 0. The van der Waals surface area contributed by atoms with E-state index in [1.54, 1.807) is 0 Å². The Balaban J connectivity index is 0. The molecule has 6 heteroatoms. The van der Waals surface area contributed by atoms with Crippen LogP contribution in [0.15, 0.2) is 0 Å². The second-order valence-corrected chi connectivity index (χ2v) is 0. The van der Waals surface area contributed by atoms with Crippen molar-refractivity contribution in [2.45, 2.75) is 0 Å². The van der Waals surface area contributed by atoms with E-state index >= 15 is 0 Å².